The molecule has 3 rings (SSSR count). The van der Waals surface area contributed by atoms with Crippen LogP contribution >= 0.6 is 0 Å². The van der Waals surface area contributed by atoms with E-state index >= 15 is 0 Å². The molecule has 0 saturated heterocycles. The van der Waals surface area contributed by atoms with Crippen molar-refractivity contribution in [3.63, 3.8) is 0 Å². The Balaban J connectivity index is 0. The van der Waals surface area contributed by atoms with Crippen molar-refractivity contribution in [2.75, 3.05) is 0 Å². The number of aryl methyl sites for hydroxylation is 1. The number of hydrogen-bond donors (Lipinski definition) is 0. The quantitative estimate of drug-likeness (QED) is 0.393. The molecule has 0 N–H and O–H groups in total. The summed E-state index contributed by atoms with van der Waals surface area (Å²) in [6.45, 7) is 15.6. The Morgan fingerprint density at radius 1 is 0.889 bits per heavy atom. The summed E-state index contributed by atoms with van der Waals surface area (Å²) in [6, 6.07) is 8.76. The van der Waals surface area contributed by atoms with E-state index in [1.807, 2.05) is 0 Å². The minimum absolute atomic E-state index is 0. The normalized spacial score (nSPS) is 18.7. The third kappa shape index (κ3) is 10.6. The van der Waals surface area contributed by atoms with Gasteiger partial charge in [-0.1, -0.05) is 42.0 Å². The van der Waals surface area contributed by atoms with E-state index in [0.29, 0.717) is 0 Å². The average Bonchev–Trinajstić information content (AvgIpc) is 2.74. The largest absolute Gasteiger partial charge is 0 e. The predicted molar refractivity (Wildman–Crippen MR) is 96.9 cm³/mol. The van der Waals surface area contributed by atoms with Crippen LogP contribution in [0.1, 0.15) is 36.8 Å². The van der Waals surface area contributed by atoms with Gasteiger partial charge in [0.2, 0.25) is 0 Å². The molecule has 1 aromatic carbocycles. The Bertz CT molecular complexity index is 549. The van der Waals surface area contributed by atoms with Crippen molar-refractivity contribution in [3.8, 4) is 0 Å². The maximum atomic E-state index is 7.50. The second-order valence-electron chi connectivity index (χ2n) is 5.89. The molecule has 4 heteroatoms. The van der Waals surface area contributed by atoms with Crippen LogP contribution in [0.4, 0.5) is 0 Å². The molecule has 0 heterocycles. The Kier molecular flexibility index (Phi) is 18.7. The molecule has 0 amide bonds. The van der Waals surface area contributed by atoms with Crippen molar-refractivity contribution >= 4 is 0 Å². The van der Waals surface area contributed by atoms with Gasteiger partial charge < -0.3 is 0 Å². The van der Waals surface area contributed by atoms with Crippen molar-refractivity contribution in [1.29, 1.82) is 0 Å². The molecule has 1 atom stereocenters. The maximum Gasteiger partial charge on any atom is 0 e. The third-order valence-corrected chi connectivity index (χ3v) is 4.19. The maximum absolute atomic E-state index is 7.50. The Morgan fingerprint density at radius 3 is 1.93 bits per heavy atom. The fourth-order valence-corrected chi connectivity index (χ4v) is 2.93. The summed E-state index contributed by atoms with van der Waals surface area (Å²) in [6.07, 6.45) is 19.0. The van der Waals surface area contributed by atoms with Gasteiger partial charge in [0.15, 0.2) is 0 Å². The van der Waals surface area contributed by atoms with Crippen LogP contribution in [-0.2, 0) is 31.3 Å². The second kappa shape index (κ2) is 18.1. The van der Waals surface area contributed by atoms with Crippen LogP contribution in [0, 0.1) is 70.3 Å². The zero-order chi connectivity index (χ0) is 19.8. The minimum atomic E-state index is 0. The van der Waals surface area contributed by atoms with E-state index in [9.17, 15) is 0 Å². The summed E-state index contributed by atoms with van der Waals surface area (Å²) in [5.74, 6) is 3.51. The summed E-state index contributed by atoms with van der Waals surface area (Å²) >= 11 is 0. The molecule has 27 heavy (non-hydrogen) atoms. The molecule has 2 aliphatic carbocycles. The van der Waals surface area contributed by atoms with Crippen LogP contribution in [0.15, 0.2) is 36.4 Å². The van der Waals surface area contributed by atoms with Crippen molar-refractivity contribution < 1.29 is 31.3 Å². The Morgan fingerprint density at radius 2 is 1.44 bits per heavy atom. The standard InChI is InChI=1S/C20H22.3CO.Cr/c1-16-7-11-19(12-8-16)20-13-9-18(10-14-20)15-17-5-3-2-4-6-17;3*1-2;/h3,5,7-14,17H,2,4,6,15H2,1H3;;;;. The van der Waals surface area contributed by atoms with Gasteiger partial charge in [0.25, 0.3) is 0 Å². The summed E-state index contributed by atoms with van der Waals surface area (Å²) in [7, 11) is 0. The van der Waals surface area contributed by atoms with Gasteiger partial charge in [0.1, 0.15) is 0 Å². The topological polar surface area (TPSA) is 59.7 Å². The van der Waals surface area contributed by atoms with E-state index in [-0.39, 0.29) is 17.4 Å². The Hall–Kier alpha value is -1.29. The summed E-state index contributed by atoms with van der Waals surface area (Å²) in [5.41, 5.74) is 2.62. The molecule has 1 aromatic rings. The molecular formula is C23H22CrO3. The van der Waals surface area contributed by atoms with Crippen LogP contribution in [0.2, 0.25) is 0 Å². The molecule has 0 bridgehead atoms. The van der Waals surface area contributed by atoms with Gasteiger partial charge in [0, 0.05) is 23.3 Å². The molecule has 138 valence electrons. The molecular weight excluding hydrogens is 376 g/mol. The summed E-state index contributed by atoms with van der Waals surface area (Å²) < 4.78 is 22.5. The van der Waals surface area contributed by atoms with Gasteiger partial charge in [-0.05, 0) is 75.7 Å². The minimum Gasteiger partial charge on any atom is 0 e. The van der Waals surface area contributed by atoms with Crippen molar-refractivity contribution in [3.05, 3.63) is 105 Å². The van der Waals surface area contributed by atoms with E-state index in [4.69, 9.17) is 14.0 Å². The Labute approximate surface area is 174 Å². The SMILES string of the molecule is Cc1ccc([C]2[CH][CH][C](CC3C=CCCC3)[CH][CH]2)cc1.[C-]#[O+].[C-]#[O+].[C-]#[O+].[Cr]. The number of benzene rings is 1. The van der Waals surface area contributed by atoms with Gasteiger partial charge in [-0.25, -0.2) is 0 Å². The zero-order valence-corrected chi connectivity index (χ0v) is 16.6. The smallest absolute Gasteiger partial charge is 0 e. The van der Waals surface area contributed by atoms with Crippen LogP contribution in [-0.4, -0.2) is 0 Å². The first kappa shape index (κ1) is 27.9. The van der Waals surface area contributed by atoms with Crippen LogP contribution in [0.25, 0.3) is 0 Å². The van der Waals surface area contributed by atoms with Gasteiger partial charge in [-0.3, -0.25) is 0 Å². The van der Waals surface area contributed by atoms with Gasteiger partial charge >= 0.3 is 33.9 Å². The average molecular weight is 398 g/mol. The first-order valence-electron chi connectivity index (χ1n) is 8.25. The number of hydrogen-bond acceptors (Lipinski definition) is 0. The van der Waals surface area contributed by atoms with E-state index in [2.05, 4.69) is 89.0 Å². The van der Waals surface area contributed by atoms with E-state index in [1.165, 1.54) is 48.6 Å². The van der Waals surface area contributed by atoms with E-state index in [1.54, 1.807) is 0 Å². The van der Waals surface area contributed by atoms with Crippen molar-refractivity contribution in [1.82, 2.24) is 0 Å². The number of rotatable bonds is 3. The van der Waals surface area contributed by atoms with Crippen molar-refractivity contribution in [2.45, 2.75) is 32.6 Å². The van der Waals surface area contributed by atoms with Gasteiger partial charge in [-0.15, -0.1) is 0 Å². The van der Waals surface area contributed by atoms with Gasteiger partial charge in [-0.2, -0.15) is 0 Å². The fourth-order valence-electron chi connectivity index (χ4n) is 2.93. The van der Waals surface area contributed by atoms with Crippen LogP contribution in [0.5, 0.6) is 0 Å². The zero-order valence-electron chi connectivity index (χ0n) is 15.3. The van der Waals surface area contributed by atoms with Gasteiger partial charge in [0.05, 0.1) is 0 Å². The molecule has 0 aromatic heterocycles. The molecule has 1 fully saturated rings. The fraction of sp³-hybridized carbons (Fsp3) is 0.261. The predicted octanol–water partition coefficient (Wildman–Crippen LogP) is 4.95. The first-order valence-corrected chi connectivity index (χ1v) is 8.25. The molecule has 1 saturated carbocycles. The molecule has 6 radical (unpaired) electrons. The third-order valence-electron chi connectivity index (χ3n) is 4.19. The number of allylic oxidation sites excluding steroid dienone is 2. The van der Waals surface area contributed by atoms with Crippen LogP contribution in [0.3, 0.4) is 0 Å². The second-order valence-corrected chi connectivity index (χ2v) is 5.89. The van der Waals surface area contributed by atoms with E-state index in [0.717, 1.165) is 5.92 Å². The van der Waals surface area contributed by atoms with Crippen molar-refractivity contribution in [2.24, 2.45) is 5.92 Å². The monoisotopic (exact) mass is 398 g/mol. The molecule has 3 nitrogen and oxygen atoms in total. The molecule has 0 spiro atoms. The molecule has 0 aliphatic heterocycles. The first-order chi connectivity index (χ1) is 12.8. The van der Waals surface area contributed by atoms with E-state index < -0.39 is 0 Å². The molecule has 1 unspecified atom stereocenters. The molecule has 2 aliphatic rings. The summed E-state index contributed by atoms with van der Waals surface area (Å²) in [4.78, 5) is 0. The van der Waals surface area contributed by atoms with Crippen LogP contribution < -0.4 is 0 Å². The summed E-state index contributed by atoms with van der Waals surface area (Å²) in [5, 5.41) is 0.